The molecule has 0 aliphatic rings. The minimum absolute atomic E-state index is 0.184. The molecule has 0 saturated heterocycles. The number of carbonyl (C=O) groups is 3. The van der Waals surface area contributed by atoms with Gasteiger partial charge in [0.1, 0.15) is 17.2 Å². The number of ketones is 1. The van der Waals surface area contributed by atoms with Crippen LogP contribution in [0.2, 0.25) is 0 Å². The number of hydrogen-bond acceptors (Lipinski definition) is 8. The lowest BCUT2D eigenvalue weighted by atomic mass is 9.95. The SMILES string of the molecule is CCCc1cc(C=CC(=O)c2ccc(OCOC(=O)C(C)(C)C)cc2)c(OCC)c(CCC)c1OCOC(=O)C(C)(C)C. The van der Waals surface area contributed by atoms with Crippen molar-refractivity contribution in [3.05, 3.63) is 58.7 Å². The highest BCUT2D eigenvalue weighted by Crippen LogP contribution is 2.39. The molecular formula is C35H48O8. The molecule has 0 fully saturated rings. The monoisotopic (exact) mass is 596 g/mol. The number of allylic oxidation sites excluding steroid dienone is 1. The van der Waals surface area contributed by atoms with Crippen LogP contribution < -0.4 is 14.2 Å². The van der Waals surface area contributed by atoms with Gasteiger partial charge >= 0.3 is 11.9 Å². The predicted octanol–water partition coefficient (Wildman–Crippen LogP) is 7.74. The Kier molecular flexibility index (Phi) is 13.3. The molecule has 43 heavy (non-hydrogen) atoms. The quantitative estimate of drug-likeness (QED) is 0.0891. The maximum Gasteiger partial charge on any atom is 0.314 e. The van der Waals surface area contributed by atoms with Crippen molar-refractivity contribution in [1.29, 1.82) is 0 Å². The van der Waals surface area contributed by atoms with Crippen LogP contribution in [-0.2, 0) is 31.9 Å². The first-order chi connectivity index (χ1) is 20.2. The number of aryl methyl sites for hydroxylation is 1. The smallest absolute Gasteiger partial charge is 0.314 e. The maximum atomic E-state index is 13.1. The molecule has 2 rings (SSSR count). The molecule has 0 N–H and O–H groups in total. The first-order valence-corrected chi connectivity index (χ1v) is 15.0. The fraction of sp³-hybridized carbons (Fsp3) is 0.514. The highest BCUT2D eigenvalue weighted by atomic mass is 16.7. The molecule has 8 heteroatoms. The summed E-state index contributed by atoms with van der Waals surface area (Å²) in [6, 6.07) is 8.63. The van der Waals surface area contributed by atoms with Gasteiger partial charge in [0.05, 0.1) is 17.4 Å². The Morgan fingerprint density at radius 1 is 0.721 bits per heavy atom. The minimum atomic E-state index is -0.631. The Bertz CT molecular complexity index is 1260. The minimum Gasteiger partial charge on any atom is -0.493 e. The van der Waals surface area contributed by atoms with Gasteiger partial charge < -0.3 is 23.7 Å². The van der Waals surface area contributed by atoms with E-state index in [0.29, 0.717) is 35.8 Å². The van der Waals surface area contributed by atoms with E-state index in [2.05, 4.69) is 13.8 Å². The number of carbonyl (C=O) groups excluding carboxylic acids is 3. The van der Waals surface area contributed by atoms with Crippen molar-refractivity contribution in [2.24, 2.45) is 10.8 Å². The van der Waals surface area contributed by atoms with Crippen molar-refractivity contribution >= 4 is 23.8 Å². The molecule has 0 heterocycles. The van der Waals surface area contributed by atoms with E-state index >= 15 is 0 Å². The van der Waals surface area contributed by atoms with E-state index in [1.54, 1.807) is 71.9 Å². The summed E-state index contributed by atoms with van der Waals surface area (Å²) < 4.78 is 28.2. The molecule has 236 valence electrons. The average molecular weight is 597 g/mol. The van der Waals surface area contributed by atoms with Crippen molar-refractivity contribution in [1.82, 2.24) is 0 Å². The molecule has 0 unspecified atom stereocenters. The molecule has 0 spiro atoms. The van der Waals surface area contributed by atoms with Gasteiger partial charge in [-0.1, -0.05) is 26.7 Å². The van der Waals surface area contributed by atoms with Crippen LogP contribution in [-0.4, -0.2) is 37.9 Å². The van der Waals surface area contributed by atoms with Crippen LogP contribution in [0, 0.1) is 10.8 Å². The first kappa shape index (κ1) is 35.4. The van der Waals surface area contributed by atoms with Crippen LogP contribution in [0.3, 0.4) is 0 Å². The fourth-order valence-electron chi connectivity index (χ4n) is 4.04. The van der Waals surface area contributed by atoms with Gasteiger partial charge in [0.25, 0.3) is 0 Å². The number of rotatable bonds is 15. The summed E-state index contributed by atoms with van der Waals surface area (Å²) >= 11 is 0. The van der Waals surface area contributed by atoms with Gasteiger partial charge in [-0.2, -0.15) is 0 Å². The van der Waals surface area contributed by atoms with Gasteiger partial charge in [-0.05, 0) is 109 Å². The third kappa shape index (κ3) is 10.8. The summed E-state index contributed by atoms with van der Waals surface area (Å²) in [7, 11) is 0. The van der Waals surface area contributed by atoms with Crippen LogP contribution in [0.4, 0.5) is 0 Å². The zero-order valence-electron chi connectivity index (χ0n) is 27.3. The molecule has 2 aromatic rings. The van der Waals surface area contributed by atoms with Crippen LogP contribution in [0.5, 0.6) is 17.2 Å². The van der Waals surface area contributed by atoms with E-state index in [1.165, 1.54) is 6.08 Å². The molecule has 0 saturated carbocycles. The zero-order valence-corrected chi connectivity index (χ0v) is 27.3. The largest absolute Gasteiger partial charge is 0.493 e. The summed E-state index contributed by atoms with van der Waals surface area (Å²) in [5.74, 6) is 0.923. The average Bonchev–Trinajstić information content (AvgIpc) is 2.94. The Hall–Kier alpha value is -3.81. The third-order valence-corrected chi connectivity index (χ3v) is 6.33. The lowest BCUT2D eigenvalue weighted by molar-refractivity contribution is -0.160. The molecular weight excluding hydrogens is 548 g/mol. The summed E-state index contributed by atoms with van der Waals surface area (Å²) in [5.41, 5.74) is 1.87. The lowest BCUT2D eigenvalue weighted by Gasteiger charge is -2.22. The first-order valence-electron chi connectivity index (χ1n) is 15.0. The molecule has 8 nitrogen and oxygen atoms in total. The standard InChI is InChI=1S/C35H48O8/c1-10-13-25-21-26(30(39-12-3)28(14-11-2)31(25)41-23-43-33(38)35(7,8)9)17-20-29(36)24-15-18-27(19-16-24)40-22-42-32(37)34(4,5)6/h15-21H,10-14,22-23H2,1-9H3. The third-order valence-electron chi connectivity index (χ3n) is 6.33. The van der Waals surface area contributed by atoms with Gasteiger partial charge in [-0.3, -0.25) is 14.4 Å². The van der Waals surface area contributed by atoms with E-state index < -0.39 is 10.8 Å². The summed E-state index contributed by atoms with van der Waals surface area (Å²) in [6.07, 6.45) is 6.45. The Morgan fingerprint density at radius 3 is 1.79 bits per heavy atom. The van der Waals surface area contributed by atoms with Crippen LogP contribution in [0.1, 0.15) is 102 Å². The van der Waals surface area contributed by atoms with Crippen molar-refractivity contribution in [3.63, 3.8) is 0 Å². The normalized spacial score (nSPS) is 11.7. The Morgan fingerprint density at radius 2 is 1.28 bits per heavy atom. The molecule has 0 aromatic heterocycles. The highest BCUT2D eigenvalue weighted by molar-refractivity contribution is 6.07. The van der Waals surface area contributed by atoms with Crippen molar-refractivity contribution in [2.45, 2.75) is 88.0 Å². The van der Waals surface area contributed by atoms with E-state index in [4.69, 9.17) is 23.7 Å². The predicted molar refractivity (Wildman–Crippen MR) is 167 cm³/mol. The van der Waals surface area contributed by atoms with Crippen LogP contribution in [0.25, 0.3) is 6.08 Å². The van der Waals surface area contributed by atoms with E-state index in [9.17, 15) is 14.4 Å². The van der Waals surface area contributed by atoms with E-state index in [0.717, 1.165) is 36.0 Å². The lowest BCUT2D eigenvalue weighted by Crippen LogP contribution is -2.25. The molecule has 0 amide bonds. The van der Waals surface area contributed by atoms with E-state index in [-0.39, 0.29) is 31.3 Å². The summed E-state index contributed by atoms with van der Waals surface area (Å²) in [6.45, 7) is 16.8. The Balaban J connectivity index is 2.30. The zero-order chi connectivity index (χ0) is 32.2. The molecule has 0 radical (unpaired) electrons. The molecule has 0 aliphatic carbocycles. The number of benzene rings is 2. The number of hydrogen-bond donors (Lipinski definition) is 0. The van der Waals surface area contributed by atoms with E-state index in [1.807, 2.05) is 13.0 Å². The summed E-state index contributed by atoms with van der Waals surface area (Å²) in [4.78, 5) is 37.3. The number of ether oxygens (including phenoxy) is 5. The Labute approximate surface area is 256 Å². The molecule has 0 atom stereocenters. The number of esters is 2. The molecule has 2 aromatic carbocycles. The van der Waals surface area contributed by atoms with Gasteiger partial charge in [-0.25, -0.2) is 0 Å². The highest BCUT2D eigenvalue weighted by Gasteiger charge is 2.25. The van der Waals surface area contributed by atoms with Crippen molar-refractivity contribution in [3.8, 4) is 17.2 Å². The fourth-order valence-corrected chi connectivity index (χ4v) is 4.04. The van der Waals surface area contributed by atoms with Crippen molar-refractivity contribution < 1.29 is 38.1 Å². The van der Waals surface area contributed by atoms with Gasteiger partial charge in [-0.15, -0.1) is 0 Å². The van der Waals surface area contributed by atoms with Gasteiger partial charge in [0.2, 0.25) is 13.6 Å². The van der Waals surface area contributed by atoms with Crippen LogP contribution in [0.15, 0.2) is 36.4 Å². The van der Waals surface area contributed by atoms with Gasteiger partial charge in [0, 0.05) is 16.7 Å². The van der Waals surface area contributed by atoms with Crippen LogP contribution >= 0.6 is 0 Å². The maximum absolute atomic E-state index is 13.1. The topological polar surface area (TPSA) is 97.4 Å². The molecule has 0 bridgehead atoms. The van der Waals surface area contributed by atoms with Crippen molar-refractivity contribution in [2.75, 3.05) is 20.2 Å². The molecule has 0 aliphatic heterocycles. The second-order valence-electron chi connectivity index (χ2n) is 12.3. The van der Waals surface area contributed by atoms with Gasteiger partial charge in [0.15, 0.2) is 5.78 Å². The second-order valence-corrected chi connectivity index (χ2v) is 12.3. The summed E-state index contributed by atoms with van der Waals surface area (Å²) in [5, 5.41) is 0. The second kappa shape index (κ2) is 16.1.